The number of carbonyl (C=O) groups excluding carboxylic acids is 2. The van der Waals surface area contributed by atoms with Crippen LogP contribution < -0.4 is 10.1 Å². The van der Waals surface area contributed by atoms with Crippen LogP contribution in [0.2, 0.25) is 5.02 Å². The van der Waals surface area contributed by atoms with Crippen molar-refractivity contribution in [2.75, 3.05) is 25.6 Å². The van der Waals surface area contributed by atoms with E-state index in [9.17, 15) is 30.0 Å². The third kappa shape index (κ3) is 9.74. The van der Waals surface area contributed by atoms with Crippen LogP contribution in [0, 0.1) is 0 Å². The number of para-hydroxylation sites is 1. The Morgan fingerprint density at radius 2 is 1.84 bits per heavy atom. The molecular weight excluding hydrogens is 686 g/mol. The van der Waals surface area contributed by atoms with Crippen molar-refractivity contribution < 1.29 is 44.6 Å². The molecule has 14 heteroatoms. The van der Waals surface area contributed by atoms with Crippen molar-refractivity contribution in [3.8, 4) is 16.9 Å². The van der Waals surface area contributed by atoms with Crippen molar-refractivity contribution in [2.45, 2.75) is 86.7 Å². The predicted molar refractivity (Wildman–Crippen MR) is 187 cm³/mol. The number of amides is 2. The van der Waals surface area contributed by atoms with Crippen molar-refractivity contribution in [2.24, 2.45) is 0 Å². The number of thioether (sulfide) groups is 1. The molecule has 2 amide bonds. The van der Waals surface area contributed by atoms with Gasteiger partial charge in [-0.3, -0.25) is 14.6 Å². The number of hydrogen-bond acceptors (Lipinski definition) is 11. The van der Waals surface area contributed by atoms with Gasteiger partial charge in [0.25, 0.3) is 5.91 Å². The molecule has 2 aromatic carbocycles. The fourth-order valence-electron chi connectivity index (χ4n) is 5.50. The first-order valence-corrected chi connectivity index (χ1v) is 18.0. The van der Waals surface area contributed by atoms with Crippen molar-refractivity contribution in [3.63, 3.8) is 0 Å². The van der Waals surface area contributed by atoms with Crippen LogP contribution in [-0.2, 0) is 26.5 Å². The summed E-state index contributed by atoms with van der Waals surface area (Å²) in [5.74, 6) is 0.0656. The lowest BCUT2D eigenvalue weighted by molar-refractivity contribution is -0.158. The molecule has 0 unspecified atom stereocenters. The monoisotopic (exact) mass is 729 g/mol. The fraction of sp³-hybridized carbons (Fsp3) is 0.472. The summed E-state index contributed by atoms with van der Waals surface area (Å²) in [5, 5.41) is 52.2. The van der Waals surface area contributed by atoms with Gasteiger partial charge < -0.3 is 45.2 Å². The number of halogens is 1. The molecular formula is C36H44ClN3O9S. The molecule has 0 bridgehead atoms. The van der Waals surface area contributed by atoms with Gasteiger partial charge >= 0.3 is 0 Å². The topological polar surface area (TPSA) is 182 Å². The zero-order chi connectivity index (χ0) is 35.8. The summed E-state index contributed by atoms with van der Waals surface area (Å²) in [6.07, 6.45) is 0.384. The molecule has 2 aliphatic rings. The first-order valence-electron chi connectivity index (χ1n) is 16.6. The molecule has 5 rings (SSSR count). The minimum Gasteiger partial charge on any atom is -0.490 e. The minimum atomic E-state index is -2.09. The number of aromatic nitrogens is 1. The van der Waals surface area contributed by atoms with Crippen molar-refractivity contribution in [1.82, 2.24) is 15.2 Å². The molecule has 0 aliphatic heterocycles. The van der Waals surface area contributed by atoms with Gasteiger partial charge in [0, 0.05) is 46.9 Å². The standard InChI is InChI=1S/C36H44ClN3O9S/c1-22(42)39-21-40(35(47)34(46)33(45)32(44)30(43)19-41)15-4-16-50-25-9-10-29(37)23(17-25)20-48-36(12-13-36)28-18-38-14-11-26(28)27-5-2-3-6-31(27)49-24-7-8-24/h2-3,5-6,9-11,14,17-18,24,30,32-34,41,43-46H,4,7-8,12-13,15-16,19-21H2,1H3,(H,39,42)/t30-,32+,33-,34-/m0/s1. The van der Waals surface area contributed by atoms with Crippen molar-refractivity contribution in [3.05, 3.63) is 77.1 Å². The van der Waals surface area contributed by atoms with E-state index in [4.69, 9.17) is 26.2 Å². The lowest BCUT2D eigenvalue weighted by Gasteiger charge is -2.30. The van der Waals surface area contributed by atoms with Crippen molar-refractivity contribution >= 4 is 35.2 Å². The van der Waals surface area contributed by atoms with Gasteiger partial charge in [0.1, 0.15) is 24.1 Å². The number of aliphatic hydroxyl groups excluding tert-OH is 5. The summed E-state index contributed by atoms with van der Waals surface area (Å²) >= 11 is 8.14. The molecule has 2 fully saturated rings. The summed E-state index contributed by atoms with van der Waals surface area (Å²) in [6.45, 7) is 0.573. The van der Waals surface area contributed by atoms with E-state index < -0.39 is 48.4 Å². The maximum atomic E-state index is 12.9. The molecule has 0 spiro atoms. The van der Waals surface area contributed by atoms with Crippen LogP contribution >= 0.6 is 23.4 Å². The number of benzene rings is 2. The van der Waals surface area contributed by atoms with Crippen LogP contribution in [0.4, 0.5) is 0 Å². The molecule has 1 heterocycles. The molecule has 50 heavy (non-hydrogen) atoms. The van der Waals surface area contributed by atoms with Gasteiger partial charge in [0.15, 0.2) is 6.10 Å². The Morgan fingerprint density at radius 3 is 2.54 bits per heavy atom. The molecule has 270 valence electrons. The Hall–Kier alpha value is -3.27. The molecule has 2 aliphatic carbocycles. The van der Waals surface area contributed by atoms with E-state index in [-0.39, 0.29) is 25.9 Å². The third-order valence-electron chi connectivity index (χ3n) is 8.71. The normalized spacial score (nSPS) is 17.3. The van der Waals surface area contributed by atoms with Crippen molar-refractivity contribution in [1.29, 1.82) is 0 Å². The Balaban J connectivity index is 1.19. The van der Waals surface area contributed by atoms with Gasteiger partial charge in [-0.2, -0.15) is 0 Å². The lowest BCUT2D eigenvalue weighted by Crippen LogP contribution is -2.54. The molecule has 1 aromatic heterocycles. The Kier molecular flexibility index (Phi) is 13.1. The zero-order valence-electron chi connectivity index (χ0n) is 27.8. The second-order valence-electron chi connectivity index (χ2n) is 12.6. The average molecular weight is 730 g/mol. The highest BCUT2D eigenvalue weighted by Crippen LogP contribution is 2.53. The van der Waals surface area contributed by atoms with Gasteiger partial charge in [-0.25, -0.2) is 0 Å². The number of nitrogens with one attached hydrogen (secondary N) is 1. The number of ether oxygens (including phenoxy) is 2. The SMILES string of the molecule is CC(=O)NCN(CCCSc1ccc(Cl)c(COC2(c3cnccc3-c3ccccc3OC3CC3)CC2)c1)C(=O)[C@@H](O)[C@@H](O)[C@H](O)[C@@H](O)CO. The number of hydrogen-bond donors (Lipinski definition) is 6. The zero-order valence-corrected chi connectivity index (χ0v) is 29.4. The van der Waals surface area contributed by atoms with E-state index in [0.29, 0.717) is 17.2 Å². The largest absolute Gasteiger partial charge is 0.490 e. The highest BCUT2D eigenvalue weighted by Gasteiger charge is 2.48. The highest BCUT2D eigenvalue weighted by molar-refractivity contribution is 7.99. The van der Waals surface area contributed by atoms with E-state index in [1.54, 1.807) is 6.20 Å². The van der Waals surface area contributed by atoms with Crippen LogP contribution in [0.5, 0.6) is 5.75 Å². The Morgan fingerprint density at radius 1 is 1.08 bits per heavy atom. The van der Waals surface area contributed by atoms with Crippen LogP contribution in [-0.4, -0.2) is 103 Å². The van der Waals surface area contributed by atoms with Gasteiger partial charge in [0.2, 0.25) is 5.91 Å². The molecule has 0 saturated heterocycles. The number of nitrogens with zero attached hydrogens (tertiary/aromatic N) is 2. The lowest BCUT2D eigenvalue weighted by atomic mass is 9.96. The average Bonchev–Trinajstić information content (AvgIpc) is 4.07. The first-order chi connectivity index (χ1) is 24.0. The molecule has 0 radical (unpaired) electrons. The summed E-state index contributed by atoms with van der Waals surface area (Å²) in [5.41, 5.74) is 3.41. The van der Waals surface area contributed by atoms with E-state index in [1.807, 2.05) is 48.7 Å². The molecule has 12 nitrogen and oxygen atoms in total. The first kappa shape index (κ1) is 38.0. The van der Waals surface area contributed by atoms with Gasteiger partial charge in [-0.1, -0.05) is 29.8 Å². The minimum absolute atomic E-state index is 0.114. The maximum absolute atomic E-state index is 12.9. The fourth-order valence-corrected chi connectivity index (χ4v) is 6.57. The summed E-state index contributed by atoms with van der Waals surface area (Å²) < 4.78 is 12.8. The van der Waals surface area contributed by atoms with Crippen LogP contribution in [0.25, 0.3) is 11.1 Å². The van der Waals surface area contributed by atoms with Crippen LogP contribution in [0.3, 0.4) is 0 Å². The summed E-state index contributed by atoms with van der Waals surface area (Å²) in [4.78, 5) is 31.0. The second-order valence-corrected chi connectivity index (χ2v) is 14.2. The highest BCUT2D eigenvalue weighted by atomic mass is 35.5. The van der Waals surface area contributed by atoms with E-state index in [0.717, 1.165) is 63.5 Å². The Labute approximate surface area is 300 Å². The number of aliphatic hydroxyl groups is 5. The van der Waals surface area contributed by atoms with Gasteiger partial charge in [-0.05, 0) is 79.3 Å². The second kappa shape index (κ2) is 17.3. The predicted octanol–water partition coefficient (Wildman–Crippen LogP) is 2.99. The molecule has 2 saturated carbocycles. The Bertz CT molecular complexity index is 1620. The van der Waals surface area contributed by atoms with Gasteiger partial charge in [0.05, 0.1) is 31.6 Å². The quantitative estimate of drug-likeness (QED) is 0.0607. The maximum Gasteiger partial charge on any atom is 0.255 e. The van der Waals surface area contributed by atoms with E-state index in [1.165, 1.54) is 18.7 Å². The summed E-state index contributed by atoms with van der Waals surface area (Å²) in [6, 6.07) is 15.8. The molecule has 6 N–H and O–H groups in total. The number of carbonyl (C=O) groups is 2. The number of rotatable bonds is 19. The summed E-state index contributed by atoms with van der Waals surface area (Å²) in [7, 11) is 0. The van der Waals surface area contributed by atoms with E-state index in [2.05, 4.69) is 16.4 Å². The van der Waals surface area contributed by atoms with Gasteiger partial charge in [-0.15, -0.1) is 11.8 Å². The molecule has 3 aromatic rings. The van der Waals surface area contributed by atoms with Crippen LogP contribution in [0.15, 0.2) is 65.8 Å². The van der Waals surface area contributed by atoms with Crippen LogP contribution in [0.1, 0.15) is 50.2 Å². The smallest absolute Gasteiger partial charge is 0.255 e. The van der Waals surface area contributed by atoms with E-state index >= 15 is 0 Å². The molecule has 4 atom stereocenters. The number of pyridine rings is 1. The third-order valence-corrected chi connectivity index (χ3v) is 10.2.